The van der Waals surface area contributed by atoms with Crippen LogP contribution in [0.25, 0.3) is 0 Å². The number of ether oxygens (including phenoxy) is 2. The third kappa shape index (κ3) is 8.39. The maximum atomic E-state index is 13.6. The van der Waals surface area contributed by atoms with Gasteiger partial charge in [0.25, 0.3) is 10.0 Å². The Balaban J connectivity index is 1.67. The lowest BCUT2D eigenvalue weighted by Gasteiger charge is -2.24. The van der Waals surface area contributed by atoms with Gasteiger partial charge in [0.15, 0.2) is 10.8 Å². The zero-order valence-electron chi connectivity index (χ0n) is 23.3. The standard InChI is InChI=1S/C25H41N5O5S2Si/c1-7-13-38(6)14-12-34-18-30(22-16-36-17-26-22)37(32,33)23-9-8-21(19(2)27-23)28-20-10-11-29(15-20)24(31)35-25(3,4)5/h8-9,16-17,20,28,38H,7,10-15,18H2,1-6H3/t20-,38?/m0/s1. The second-order valence-corrected chi connectivity index (χ2v) is 16.7. The Bertz CT molecular complexity index is 1160. The summed E-state index contributed by atoms with van der Waals surface area (Å²) in [6.45, 7) is 13.3. The summed E-state index contributed by atoms with van der Waals surface area (Å²) in [5.74, 6) is 0.323. The van der Waals surface area contributed by atoms with Crippen molar-refractivity contribution in [3.05, 3.63) is 28.7 Å². The number of pyridine rings is 1. The molecule has 1 unspecified atom stereocenters. The molecule has 1 amide bonds. The fourth-order valence-electron chi connectivity index (χ4n) is 4.19. The number of amides is 1. The largest absolute Gasteiger partial charge is 0.444 e. The van der Waals surface area contributed by atoms with E-state index in [9.17, 15) is 13.2 Å². The van der Waals surface area contributed by atoms with Gasteiger partial charge < -0.3 is 19.7 Å². The fourth-order valence-corrected chi connectivity index (χ4v) is 7.92. The van der Waals surface area contributed by atoms with E-state index >= 15 is 0 Å². The molecule has 0 radical (unpaired) electrons. The molecule has 2 aromatic rings. The first-order chi connectivity index (χ1) is 17.9. The number of carbonyl (C=O) groups excluding carboxylic acids is 1. The smallest absolute Gasteiger partial charge is 0.410 e. The molecule has 0 saturated carbocycles. The maximum Gasteiger partial charge on any atom is 0.410 e. The summed E-state index contributed by atoms with van der Waals surface area (Å²) in [4.78, 5) is 22.7. The highest BCUT2D eigenvalue weighted by Crippen LogP contribution is 2.26. The van der Waals surface area contributed by atoms with Crippen molar-refractivity contribution in [2.24, 2.45) is 0 Å². The Labute approximate surface area is 232 Å². The molecule has 38 heavy (non-hydrogen) atoms. The molecule has 10 nitrogen and oxygen atoms in total. The molecule has 13 heteroatoms. The Morgan fingerprint density at radius 1 is 1.32 bits per heavy atom. The minimum Gasteiger partial charge on any atom is -0.444 e. The average Bonchev–Trinajstić information content (AvgIpc) is 3.52. The fraction of sp³-hybridized carbons (Fsp3) is 0.640. The minimum atomic E-state index is -3.98. The first kappa shape index (κ1) is 30.3. The van der Waals surface area contributed by atoms with Crippen LogP contribution in [0.3, 0.4) is 0 Å². The van der Waals surface area contributed by atoms with Crippen LogP contribution < -0.4 is 9.62 Å². The average molecular weight is 584 g/mol. The summed E-state index contributed by atoms with van der Waals surface area (Å²) < 4.78 is 39.6. The number of aryl methyl sites for hydroxylation is 1. The van der Waals surface area contributed by atoms with Gasteiger partial charge in [-0.05, 0) is 52.3 Å². The molecule has 1 saturated heterocycles. The van der Waals surface area contributed by atoms with Crippen LogP contribution in [0.5, 0.6) is 0 Å². The maximum absolute atomic E-state index is 13.6. The van der Waals surface area contributed by atoms with Crippen molar-refractivity contribution >= 4 is 47.8 Å². The van der Waals surface area contributed by atoms with Crippen LogP contribution in [0.4, 0.5) is 16.3 Å². The van der Waals surface area contributed by atoms with Crippen molar-refractivity contribution in [1.29, 1.82) is 0 Å². The van der Waals surface area contributed by atoms with Gasteiger partial charge in [-0.2, -0.15) is 8.42 Å². The lowest BCUT2D eigenvalue weighted by molar-refractivity contribution is 0.0293. The number of likely N-dealkylation sites (tertiary alicyclic amines) is 1. The van der Waals surface area contributed by atoms with E-state index in [4.69, 9.17) is 9.47 Å². The number of sulfonamides is 1. The monoisotopic (exact) mass is 583 g/mol. The van der Waals surface area contributed by atoms with E-state index in [-0.39, 0.29) is 23.9 Å². The minimum absolute atomic E-state index is 0.0176. The van der Waals surface area contributed by atoms with Gasteiger partial charge in [0.1, 0.15) is 12.3 Å². The molecule has 0 spiro atoms. The van der Waals surface area contributed by atoms with E-state index < -0.39 is 24.4 Å². The third-order valence-electron chi connectivity index (χ3n) is 6.23. The van der Waals surface area contributed by atoms with Crippen LogP contribution >= 0.6 is 11.3 Å². The Kier molecular flexibility index (Phi) is 10.6. The third-order valence-corrected chi connectivity index (χ3v) is 11.2. The summed E-state index contributed by atoms with van der Waals surface area (Å²) >= 11 is 1.32. The van der Waals surface area contributed by atoms with Crippen LogP contribution in [0, 0.1) is 6.92 Å². The number of hydrogen-bond donors (Lipinski definition) is 1. The van der Waals surface area contributed by atoms with Gasteiger partial charge in [-0.15, -0.1) is 11.3 Å². The van der Waals surface area contributed by atoms with Crippen LogP contribution in [0.15, 0.2) is 28.0 Å². The first-order valence-corrected chi connectivity index (χ1v) is 18.3. The van der Waals surface area contributed by atoms with Gasteiger partial charge in [-0.25, -0.2) is 19.1 Å². The molecule has 0 aliphatic carbocycles. The van der Waals surface area contributed by atoms with Crippen molar-refractivity contribution in [1.82, 2.24) is 14.9 Å². The van der Waals surface area contributed by atoms with Crippen LogP contribution in [-0.2, 0) is 19.5 Å². The SMILES string of the molecule is CCC[SiH](C)CCOCN(c1cscn1)S(=O)(=O)c1ccc(N[C@H]2CCN(C(=O)OC(C)(C)C)C2)c(C)n1. The number of anilines is 2. The quantitative estimate of drug-likeness (QED) is 0.217. The van der Waals surface area contributed by atoms with Crippen molar-refractivity contribution < 1.29 is 22.7 Å². The number of nitrogens with one attached hydrogen (secondary N) is 1. The number of nitrogens with zero attached hydrogens (tertiary/aromatic N) is 4. The predicted octanol–water partition coefficient (Wildman–Crippen LogP) is 4.70. The highest BCUT2D eigenvalue weighted by molar-refractivity contribution is 7.92. The van der Waals surface area contributed by atoms with Crippen molar-refractivity contribution in [2.45, 2.75) is 82.8 Å². The van der Waals surface area contributed by atoms with Crippen molar-refractivity contribution in [2.75, 3.05) is 36.0 Å². The number of rotatable bonds is 12. The molecule has 1 N–H and O–H groups in total. The molecule has 1 aliphatic heterocycles. The highest BCUT2D eigenvalue weighted by atomic mass is 32.2. The Morgan fingerprint density at radius 3 is 2.71 bits per heavy atom. The summed E-state index contributed by atoms with van der Waals surface area (Å²) in [5, 5.41) is 5.03. The van der Waals surface area contributed by atoms with Gasteiger partial charge in [-0.3, -0.25) is 0 Å². The van der Waals surface area contributed by atoms with E-state index in [1.165, 1.54) is 34.2 Å². The molecular formula is C25H41N5O5S2Si. The molecule has 1 fully saturated rings. The predicted molar refractivity (Wildman–Crippen MR) is 154 cm³/mol. The van der Waals surface area contributed by atoms with Crippen LogP contribution in [0.2, 0.25) is 18.6 Å². The zero-order chi connectivity index (χ0) is 27.9. The van der Waals surface area contributed by atoms with E-state index in [1.807, 2.05) is 20.8 Å². The molecule has 2 aromatic heterocycles. The summed E-state index contributed by atoms with van der Waals surface area (Å²) in [6.07, 6.45) is 1.60. The first-order valence-electron chi connectivity index (χ1n) is 13.1. The van der Waals surface area contributed by atoms with Crippen LogP contribution in [0.1, 0.15) is 46.2 Å². The molecule has 1 aliphatic rings. The normalized spacial score (nSPS) is 16.9. The molecule has 2 atom stereocenters. The molecular weight excluding hydrogens is 543 g/mol. The van der Waals surface area contributed by atoms with Crippen LogP contribution in [-0.4, -0.2) is 76.2 Å². The molecule has 0 aromatic carbocycles. The van der Waals surface area contributed by atoms with Gasteiger partial charge in [0.2, 0.25) is 0 Å². The second kappa shape index (κ2) is 13.2. The number of hydrogen-bond acceptors (Lipinski definition) is 9. The Morgan fingerprint density at radius 2 is 2.08 bits per heavy atom. The van der Waals surface area contributed by atoms with Gasteiger partial charge >= 0.3 is 6.09 Å². The lowest BCUT2D eigenvalue weighted by Crippen LogP contribution is -2.36. The topological polar surface area (TPSA) is 114 Å². The number of carbonyl (C=O) groups is 1. The molecule has 212 valence electrons. The Hall–Kier alpha value is -2.22. The summed E-state index contributed by atoms with van der Waals surface area (Å²) in [5.41, 5.74) is 2.34. The highest BCUT2D eigenvalue weighted by Gasteiger charge is 2.31. The number of thiazole rings is 1. The van der Waals surface area contributed by atoms with E-state index in [1.54, 1.807) is 28.8 Å². The van der Waals surface area contributed by atoms with E-state index in [0.29, 0.717) is 31.2 Å². The van der Waals surface area contributed by atoms with Gasteiger partial charge in [0.05, 0.1) is 16.9 Å². The van der Waals surface area contributed by atoms with Crippen molar-refractivity contribution in [3.63, 3.8) is 0 Å². The van der Waals surface area contributed by atoms with Gasteiger partial charge in [-0.1, -0.05) is 25.9 Å². The molecule has 3 rings (SSSR count). The summed E-state index contributed by atoms with van der Waals surface area (Å²) in [6, 6.07) is 5.50. The summed E-state index contributed by atoms with van der Waals surface area (Å²) in [7, 11) is -4.81. The van der Waals surface area contributed by atoms with E-state index in [2.05, 4.69) is 28.8 Å². The molecule has 3 heterocycles. The molecule has 0 bridgehead atoms. The van der Waals surface area contributed by atoms with Gasteiger partial charge in [0, 0.05) is 39.9 Å². The zero-order valence-corrected chi connectivity index (χ0v) is 26.1. The van der Waals surface area contributed by atoms with E-state index in [0.717, 1.165) is 18.2 Å². The lowest BCUT2D eigenvalue weighted by atomic mass is 10.2. The second-order valence-electron chi connectivity index (χ2n) is 10.8. The number of aromatic nitrogens is 2. The van der Waals surface area contributed by atoms with Crippen molar-refractivity contribution in [3.8, 4) is 0 Å².